The van der Waals surface area contributed by atoms with Crippen molar-refractivity contribution >= 4 is 11.7 Å². The van der Waals surface area contributed by atoms with Crippen molar-refractivity contribution in [2.24, 2.45) is 11.8 Å². The molecule has 0 heterocycles. The Morgan fingerprint density at radius 2 is 1.90 bits per heavy atom. The van der Waals surface area contributed by atoms with Gasteiger partial charge in [0.25, 0.3) is 0 Å². The highest BCUT2D eigenvalue weighted by Gasteiger charge is 2.25. The molecule has 3 nitrogen and oxygen atoms in total. The van der Waals surface area contributed by atoms with E-state index in [2.05, 4.69) is 19.2 Å². The molecule has 1 aliphatic rings. The molecule has 3 unspecified atom stereocenters. The van der Waals surface area contributed by atoms with Crippen LogP contribution in [0.5, 0.6) is 0 Å². The lowest BCUT2D eigenvalue weighted by Gasteiger charge is -2.33. The van der Waals surface area contributed by atoms with Crippen molar-refractivity contribution in [3.63, 3.8) is 0 Å². The Morgan fingerprint density at radius 3 is 2.50 bits per heavy atom. The molecule has 0 spiro atoms. The van der Waals surface area contributed by atoms with Gasteiger partial charge in [-0.2, -0.15) is 0 Å². The highest BCUT2D eigenvalue weighted by molar-refractivity contribution is 5.89. The highest BCUT2D eigenvalue weighted by Crippen LogP contribution is 2.32. The number of aromatic carboxylic acids is 1. The average molecular weight is 283 g/mol. The van der Waals surface area contributed by atoms with Crippen LogP contribution in [0.3, 0.4) is 0 Å². The lowest BCUT2D eigenvalue weighted by molar-refractivity contribution is 0.0692. The Morgan fingerprint density at radius 1 is 1.20 bits per heavy atom. The molecule has 110 valence electrons. The summed E-state index contributed by atoms with van der Waals surface area (Å²) in [6.45, 7) is 4.35. The fraction of sp³-hybridized carbons (Fsp3) is 0.533. The monoisotopic (exact) mass is 283 g/mol. The third-order valence-corrected chi connectivity index (χ3v) is 4.24. The number of anilines is 1. The summed E-state index contributed by atoms with van der Waals surface area (Å²) in [4.78, 5) is 10.9. The van der Waals surface area contributed by atoms with Crippen molar-refractivity contribution in [2.75, 3.05) is 5.32 Å². The molecule has 1 fully saturated rings. The summed E-state index contributed by atoms with van der Waals surface area (Å²) < 4.78 is 27.1. The summed E-state index contributed by atoms with van der Waals surface area (Å²) in [5.41, 5.74) is -0.443. The van der Waals surface area contributed by atoms with Crippen molar-refractivity contribution in [1.82, 2.24) is 0 Å². The minimum atomic E-state index is -1.39. The summed E-state index contributed by atoms with van der Waals surface area (Å²) in [7, 11) is 0. The number of carbonyl (C=O) groups is 1. The van der Waals surface area contributed by atoms with Crippen LogP contribution in [0.2, 0.25) is 0 Å². The molecule has 20 heavy (non-hydrogen) atoms. The third kappa shape index (κ3) is 3.08. The zero-order valence-electron chi connectivity index (χ0n) is 11.6. The first kappa shape index (κ1) is 14.8. The van der Waals surface area contributed by atoms with Gasteiger partial charge in [0, 0.05) is 12.1 Å². The van der Waals surface area contributed by atoms with E-state index in [-0.39, 0.29) is 11.7 Å². The molecule has 5 heteroatoms. The van der Waals surface area contributed by atoms with E-state index in [0.29, 0.717) is 17.9 Å². The van der Waals surface area contributed by atoms with Crippen LogP contribution in [-0.2, 0) is 0 Å². The number of hydrogen-bond acceptors (Lipinski definition) is 2. The van der Waals surface area contributed by atoms with Crippen molar-refractivity contribution in [3.05, 3.63) is 29.3 Å². The molecule has 1 saturated carbocycles. The van der Waals surface area contributed by atoms with Gasteiger partial charge >= 0.3 is 5.97 Å². The van der Waals surface area contributed by atoms with Crippen molar-refractivity contribution in [3.8, 4) is 0 Å². The topological polar surface area (TPSA) is 49.3 Å². The number of carboxylic acids is 1. The van der Waals surface area contributed by atoms with Crippen LogP contribution >= 0.6 is 0 Å². The van der Waals surface area contributed by atoms with Crippen molar-refractivity contribution in [1.29, 1.82) is 0 Å². The molecule has 2 rings (SSSR count). The molecule has 0 saturated heterocycles. The van der Waals surface area contributed by atoms with Gasteiger partial charge in [-0.25, -0.2) is 13.6 Å². The Labute approximate surface area is 117 Å². The van der Waals surface area contributed by atoms with Gasteiger partial charge < -0.3 is 10.4 Å². The first-order valence-electron chi connectivity index (χ1n) is 6.87. The summed E-state index contributed by atoms with van der Waals surface area (Å²) in [5.74, 6) is -2.02. The molecule has 2 N–H and O–H groups in total. The van der Waals surface area contributed by atoms with Gasteiger partial charge in [-0.1, -0.05) is 13.8 Å². The summed E-state index contributed by atoms with van der Waals surface area (Å²) in [6.07, 6.45) is 2.86. The zero-order chi connectivity index (χ0) is 14.9. The van der Waals surface area contributed by atoms with Gasteiger partial charge in [0.2, 0.25) is 0 Å². The minimum Gasteiger partial charge on any atom is -0.478 e. The largest absolute Gasteiger partial charge is 0.478 e. The van der Waals surface area contributed by atoms with Gasteiger partial charge in [0.15, 0.2) is 0 Å². The molecule has 0 amide bonds. The van der Waals surface area contributed by atoms with Gasteiger partial charge in [0.05, 0.1) is 11.3 Å². The summed E-state index contributed by atoms with van der Waals surface area (Å²) in [6, 6.07) is 1.76. The molecule has 3 atom stereocenters. The van der Waals surface area contributed by atoms with Gasteiger partial charge in [-0.3, -0.25) is 0 Å². The smallest absolute Gasteiger partial charge is 0.338 e. The van der Waals surface area contributed by atoms with Gasteiger partial charge in [-0.15, -0.1) is 0 Å². The predicted molar refractivity (Wildman–Crippen MR) is 72.9 cm³/mol. The SMILES string of the molecule is CC1CCC(Nc2cc(C(=O)O)c(F)cc2F)CC1C. The number of halogens is 2. The number of nitrogens with one attached hydrogen (secondary N) is 1. The average Bonchev–Trinajstić information content (AvgIpc) is 2.36. The molecule has 0 aromatic heterocycles. The molecule has 1 aromatic rings. The Hall–Kier alpha value is -1.65. The molecular formula is C15H19F2NO2. The molecule has 1 aliphatic carbocycles. The van der Waals surface area contributed by atoms with Crippen LogP contribution in [0, 0.1) is 23.5 Å². The van der Waals surface area contributed by atoms with E-state index in [1.54, 1.807) is 0 Å². The van der Waals surface area contributed by atoms with Gasteiger partial charge in [-0.05, 0) is 37.2 Å². The quantitative estimate of drug-likeness (QED) is 0.884. The Bertz CT molecular complexity index is 519. The second kappa shape index (κ2) is 5.77. The summed E-state index contributed by atoms with van der Waals surface area (Å²) >= 11 is 0. The lowest BCUT2D eigenvalue weighted by Crippen LogP contribution is -2.30. The normalized spacial score (nSPS) is 26.3. The van der Waals surface area contributed by atoms with Crippen LogP contribution in [-0.4, -0.2) is 17.1 Å². The molecular weight excluding hydrogens is 264 g/mol. The minimum absolute atomic E-state index is 0.0653. The maximum Gasteiger partial charge on any atom is 0.338 e. The maximum absolute atomic E-state index is 13.7. The maximum atomic E-state index is 13.7. The summed E-state index contributed by atoms with van der Waals surface area (Å²) in [5, 5.41) is 11.9. The second-order valence-electron chi connectivity index (χ2n) is 5.73. The third-order valence-electron chi connectivity index (χ3n) is 4.24. The number of hydrogen-bond donors (Lipinski definition) is 2. The van der Waals surface area contributed by atoms with Crippen molar-refractivity contribution in [2.45, 2.75) is 39.2 Å². The Kier molecular flexibility index (Phi) is 4.26. The van der Waals surface area contributed by atoms with Crippen LogP contribution in [0.4, 0.5) is 14.5 Å². The fourth-order valence-electron chi connectivity index (χ4n) is 2.72. The predicted octanol–water partition coefficient (Wildman–Crippen LogP) is 3.90. The van der Waals surface area contributed by atoms with Crippen LogP contribution in [0.25, 0.3) is 0 Å². The zero-order valence-corrected chi connectivity index (χ0v) is 11.6. The molecule has 0 aliphatic heterocycles. The first-order chi connectivity index (χ1) is 9.38. The van der Waals surface area contributed by atoms with E-state index < -0.39 is 23.2 Å². The van der Waals surface area contributed by atoms with E-state index in [0.717, 1.165) is 25.3 Å². The Balaban J connectivity index is 2.17. The lowest BCUT2D eigenvalue weighted by atomic mass is 9.79. The number of rotatable bonds is 3. The number of carboxylic acid groups (broad SMARTS) is 1. The van der Waals surface area contributed by atoms with E-state index >= 15 is 0 Å². The fourth-order valence-corrected chi connectivity index (χ4v) is 2.72. The number of benzene rings is 1. The van der Waals surface area contributed by atoms with E-state index in [1.165, 1.54) is 0 Å². The highest BCUT2D eigenvalue weighted by atomic mass is 19.1. The van der Waals surface area contributed by atoms with Crippen LogP contribution in [0.1, 0.15) is 43.5 Å². The van der Waals surface area contributed by atoms with Crippen molar-refractivity contribution < 1.29 is 18.7 Å². The van der Waals surface area contributed by atoms with E-state index in [9.17, 15) is 13.6 Å². The van der Waals surface area contributed by atoms with Gasteiger partial charge in [0.1, 0.15) is 11.6 Å². The van der Waals surface area contributed by atoms with E-state index in [4.69, 9.17) is 5.11 Å². The second-order valence-corrected chi connectivity index (χ2v) is 5.73. The van der Waals surface area contributed by atoms with Crippen LogP contribution in [0.15, 0.2) is 12.1 Å². The molecule has 1 aromatic carbocycles. The first-order valence-corrected chi connectivity index (χ1v) is 6.87. The molecule has 0 bridgehead atoms. The van der Waals surface area contributed by atoms with Crippen LogP contribution < -0.4 is 5.32 Å². The standard InChI is InChI=1S/C15H19F2NO2/c1-8-3-4-10(5-9(8)2)18-14-6-11(15(19)20)12(16)7-13(14)17/h6-10,18H,3-5H2,1-2H3,(H,19,20). The van der Waals surface area contributed by atoms with E-state index in [1.807, 2.05) is 0 Å². The molecule has 0 radical (unpaired) electrons.